The fourth-order valence-corrected chi connectivity index (χ4v) is 1.60. The third kappa shape index (κ3) is 2.99. The van der Waals surface area contributed by atoms with E-state index in [4.69, 9.17) is 17.3 Å². The van der Waals surface area contributed by atoms with Crippen molar-refractivity contribution in [3.63, 3.8) is 0 Å². The number of benzene rings is 1. The second-order valence-electron chi connectivity index (χ2n) is 3.77. The van der Waals surface area contributed by atoms with Gasteiger partial charge in [0.15, 0.2) is 0 Å². The van der Waals surface area contributed by atoms with Crippen molar-refractivity contribution in [1.29, 1.82) is 0 Å². The van der Waals surface area contributed by atoms with Crippen molar-refractivity contribution in [1.82, 2.24) is 10.3 Å². The van der Waals surface area contributed by atoms with Gasteiger partial charge in [0.25, 0.3) is 5.91 Å². The molecule has 0 fully saturated rings. The van der Waals surface area contributed by atoms with Crippen LogP contribution in [0.3, 0.4) is 0 Å². The van der Waals surface area contributed by atoms with Gasteiger partial charge in [-0.1, -0.05) is 23.7 Å². The summed E-state index contributed by atoms with van der Waals surface area (Å²) in [6.45, 7) is 0.421. The van der Waals surface area contributed by atoms with Crippen LogP contribution in [-0.2, 0) is 6.54 Å². The first-order chi connectivity index (χ1) is 8.66. The van der Waals surface area contributed by atoms with E-state index in [9.17, 15) is 4.79 Å². The minimum atomic E-state index is -0.240. The van der Waals surface area contributed by atoms with E-state index >= 15 is 0 Å². The van der Waals surface area contributed by atoms with Crippen LogP contribution in [0.2, 0.25) is 5.02 Å². The van der Waals surface area contributed by atoms with Crippen molar-refractivity contribution in [2.24, 2.45) is 0 Å². The summed E-state index contributed by atoms with van der Waals surface area (Å²) in [7, 11) is 0. The number of rotatable bonds is 3. The molecule has 0 radical (unpaired) electrons. The molecule has 4 nitrogen and oxygen atoms in total. The van der Waals surface area contributed by atoms with E-state index < -0.39 is 0 Å². The Bertz CT molecular complexity index is 554. The molecule has 0 saturated heterocycles. The minimum absolute atomic E-state index is 0.240. The smallest absolute Gasteiger partial charge is 0.255 e. The SMILES string of the molecule is Nc1ccncc1C(=O)NCc1ccc(Cl)cc1. The van der Waals surface area contributed by atoms with Gasteiger partial charge in [0.2, 0.25) is 0 Å². The van der Waals surface area contributed by atoms with E-state index in [0.717, 1.165) is 5.56 Å². The van der Waals surface area contributed by atoms with E-state index in [1.807, 2.05) is 12.1 Å². The van der Waals surface area contributed by atoms with Crippen LogP contribution >= 0.6 is 11.6 Å². The first-order valence-electron chi connectivity index (χ1n) is 5.39. The second-order valence-corrected chi connectivity index (χ2v) is 4.21. The van der Waals surface area contributed by atoms with E-state index in [0.29, 0.717) is 22.8 Å². The number of carbonyl (C=O) groups is 1. The monoisotopic (exact) mass is 261 g/mol. The molecule has 0 saturated carbocycles. The van der Waals surface area contributed by atoms with Gasteiger partial charge in [-0.05, 0) is 23.8 Å². The van der Waals surface area contributed by atoms with E-state index in [2.05, 4.69) is 10.3 Å². The van der Waals surface area contributed by atoms with E-state index in [1.54, 1.807) is 24.4 Å². The van der Waals surface area contributed by atoms with Crippen molar-refractivity contribution in [3.8, 4) is 0 Å². The molecule has 2 aromatic rings. The average molecular weight is 262 g/mol. The number of anilines is 1. The number of nitrogen functional groups attached to an aromatic ring is 1. The summed E-state index contributed by atoms with van der Waals surface area (Å²) >= 11 is 5.78. The van der Waals surface area contributed by atoms with Crippen molar-refractivity contribution < 1.29 is 4.79 Å². The molecule has 0 unspecified atom stereocenters. The topological polar surface area (TPSA) is 68.0 Å². The van der Waals surface area contributed by atoms with Gasteiger partial charge >= 0.3 is 0 Å². The Labute approximate surface area is 110 Å². The van der Waals surface area contributed by atoms with E-state index in [-0.39, 0.29) is 5.91 Å². The van der Waals surface area contributed by atoms with Crippen molar-refractivity contribution in [2.75, 3.05) is 5.73 Å². The van der Waals surface area contributed by atoms with Gasteiger partial charge in [-0.2, -0.15) is 0 Å². The maximum absolute atomic E-state index is 11.8. The highest BCUT2D eigenvalue weighted by molar-refractivity contribution is 6.30. The number of aromatic nitrogens is 1. The molecule has 5 heteroatoms. The molecule has 0 bridgehead atoms. The summed E-state index contributed by atoms with van der Waals surface area (Å²) in [6.07, 6.45) is 3.00. The van der Waals surface area contributed by atoms with Crippen molar-refractivity contribution in [2.45, 2.75) is 6.54 Å². The van der Waals surface area contributed by atoms with Gasteiger partial charge in [-0.15, -0.1) is 0 Å². The van der Waals surface area contributed by atoms with Crippen LogP contribution in [0.5, 0.6) is 0 Å². The number of hydrogen-bond acceptors (Lipinski definition) is 3. The number of carbonyl (C=O) groups excluding carboxylic acids is 1. The van der Waals surface area contributed by atoms with Crippen LogP contribution in [0.4, 0.5) is 5.69 Å². The summed E-state index contributed by atoms with van der Waals surface area (Å²) < 4.78 is 0. The van der Waals surface area contributed by atoms with Crippen LogP contribution in [-0.4, -0.2) is 10.9 Å². The van der Waals surface area contributed by atoms with E-state index in [1.165, 1.54) is 6.20 Å². The van der Waals surface area contributed by atoms with Gasteiger partial charge < -0.3 is 11.1 Å². The Morgan fingerprint density at radius 3 is 2.67 bits per heavy atom. The summed E-state index contributed by atoms with van der Waals surface area (Å²) in [5.74, 6) is -0.240. The standard InChI is InChI=1S/C13H12ClN3O/c14-10-3-1-9(2-4-10)7-17-13(18)11-8-16-6-5-12(11)15/h1-6,8H,7H2,(H2,15,16)(H,17,18). The Morgan fingerprint density at radius 2 is 2.00 bits per heavy atom. The number of pyridine rings is 1. The molecule has 0 aliphatic carbocycles. The Kier molecular flexibility index (Phi) is 3.79. The lowest BCUT2D eigenvalue weighted by atomic mass is 10.2. The first kappa shape index (κ1) is 12.4. The van der Waals surface area contributed by atoms with Crippen LogP contribution in [0.1, 0.15) is 15.9 Å². The molecule has 0 aliphatic heterocycles. The summed E-state index contributed by atoms with van der Waals surface area (Å²) in [6, 6.07) is 8.87. The van der Waals surface area contributed by atoms with Crippen LogP contribution in [0.15, 0.2) is 42.7 Å². The number of nitrogens with two attached hydrogens (primary N) is 1. The zero-order valence-electron chi connectivity index (χ0n) is 9.56. The maximum atomic E-state index is 11.8. The highest BCUT2D eigenvalue weighted by atomic mass is 35.5. The molecule has 0 atom stereocenters. The molecule has 1 amide bonds. The second kappa shape index (κ2) is 5.51. The van der Waals surface area contributed by atoms with Crippen LogP contribution < -0.4 is 11.1 Å². The van der Waals surface area contributed by atoms with Crippen molar-refractivity contribution in [3.05, 3.63) is 58.9 Å². The zero-order chi connectivity index (χ0) is 13.0. The quantitative estimate of drug-likeness (QED) is 0.890. The maximum Gasteiger partial charge on any atom is 0.255 e. The van der Waals surface area contributed by atoms with Gasteiger partial charge in [0.05, 0.1) is 5.56 Å². The Balaban J connectivity index is 2.01. The van der Waals surface area contributed by atoms with Gasteiger partial charge in [0.1, 0.15) is 0 Å². The normalized spacial score (nSPS) is 10.1. The number of halogens is 1. The van der Waals surface area contributed by atoms with Crippen LogP contribution in [0, 0.1) is 0 Å². The lowest BCUT2D eigenvalue weighted by Crippen LogP contribution is -2.23. The van der Waals surface area contributed by atoms with Crippen LogP contribution in [0.25, 0.3) is 0 Å². The van der Waals surface area contributed by atoms with Gasteiger partial charge in [-0.3, -0.25) is 9.78 Å². The summed E-state index contributed by atoms with van der Waals surface area (Å²) in [5, 5.41) is 3.44. The predicted octanol–water partition coefficient (Wildman–Crippen LogP) is 2.25. The largest absolute Gasteiger partial charge is 0.398 e. The minimum Gasteiger partial charge on any atom is -0.398 e. The van der Waals surface area contributed by atoms with Gasteiger partial charge in [0, 0.05) is 29.6 Å². The third-order valence-corrected chi connectivity index (χ3v) is 2.72. The molecule has 1 aromatic heterocycles. The molecular formula is C13H12ClN3O. The zero-order valence-corrected chi connectivity index (χ0v) is 10.3. The molecule has 18 heavy (non-hydrogen) atoms. The molecule has 0 aliphatic rings. The molecule has 2 rings (SSSR count). The Morgan fingerprint density at radius 1 is 1.28 bits per heavy atom. The predicted molar refractivity (Wildman–Crippen MR) is 71.3 cm³/mol. The molecule has 1 heterocycles. The Hall–Kier alpha value is -2.07. The number of amides is 1. The highest BCUT2D eigenvalue weighted by Gasteiger charge is 2.08. The van der Waals surface area contributed by atoms with Gasteiger partial charge in [-0.25, -0.2) is 0 Å². The number of hydrogen-bond donors (Lipinski definition) is 2. The lowest BCUT2D eigenvalue weighted by Gasteiger charge is -2.07. The third-order valence-electron chi connectivity index (χ3n) is 2.47. The fraction of sp³-hybridized carbons (Fsp3) is 0.0769. The molecule has 92 valence electrons. The highest BCUT2D eigenvalue weighted by Crippen LogP contribution is 2.11. The lowest BCUT2D eigenvalue weighted by molar-refractivity contribution is 0.0951. The molecular weight excluding hydrogens is 250 g/mol. The first-order valence-corrected chi connectivity index (χ1v) is 5.77. The van der Waals surface area contributed by atoms with Crippen molar-refractivity contribution >= 4 is 23.2 Å². The number of nitrogens with one attached hydrogen (secondary N) is 1. The number of nitrogens with zero attached hydrogens (tertiary/aromatic N) is 1. The fourth-order valence-electron chi connectivity index (χ4n) is 1.47. The molecule has 1 aromatic carbocycles. The summed E-state index contributed by atoms with van der Waals surface area (Å²) in [4.78, 5) is 15.7. The average Bonchev–Trinajstić information content (AvgIpc) is 2.38. The summed E-state index contributed by atoms with van der Waals surface area (Å²) in [5.41, 5.74) is 7.46. The molecule has 3 N–H and O–H groups in total. The molecule has 0 spiro atoms.